The Hall–Kier alpha value is -3.82. The van der Waals surface area contributed by atoms with Gasteiger partial charge in [-0.25, -0.2) is 9.97 Å². The largest absolute Gasteiger partial charge is 0.492 e. The first kappa shape index (κ1) is 24.9. The number of nitrogens with one attached hydrogen (secondary N) is 1. The molecule has 1 aliphatic heterocycles. The third-order valence-corrected chi connectivity index (χ3v) is 6.77. The Morgan fingerprint density at radius 2 is 2.14 bits per heavy atom. The van der Waals surface area contributed by atoms with Crippen LogP contribution in [-0.4, -0.2) is 73.5 Å². The third kappa shape index (κ3) is 5.95. The second-order valence-electron chi connectivity index (χ2n) is 9.19. The zero-order valence-electron chi connectivity index (χ0n) is 21.0. The van der Waals surface area contributed by atoms with Crippen molar-refractivity contribution in [1.82, 2.24) is 20.2 Å². The van der Waals surface area contributed by atoms with Crippen molar-refractivity contribution in [1.29, 1.82) is 0 Å². The molecule has 192 valence electrons. The Balaban J connectivity index is 1.23. The number of nitrogens with two attached hydrogens (primary N) is 1. The van der Waals surface area contributed by atoms with Crippen LogP contribution in [0.1, 0.15) is 39.6 Å². The molecule has 1 aliphatic carbocycles. The zero-order chi connectivity index (χ0) is 25.6. The summed E-state index contributed by atoms with van der Waals surface area (Å²) in [5.41, 5.74) is 10.9. The maximum Gasteiger partial charge on any atom is 0.273 e. The van der Waals surface area contributed by atoms with Gasteiger partial charge in [-0.05, 0) is 47.7 Å². The third-order valence-electron chi connectivity index (χ3n) is 6.77. The molecule has 1 amide bonds. The summed E-state index contributed by atoms with van der Waals surface area (Å²) in [6, 6.07) is 14.3. The summed E-state index contributed by atoms with van der Waals surface area (Å²) in [6.45, 7) is 5.15. The van der Waals surface area contributed by atoms with Crippen molar-refractivity contribution in [2.24, 2.45) is 4.99 Å². The number of benzene rings is 2. The number of hydrogen-bond donors (Lipinski definition) is 2. The number of amides is 1. The van der Waals surface area contributed by atoms with E-state index in [4.69, 9.17) is 20.2 Å². The molecular formula is C28H32N6O3. The number of aliphatic imine (C=N–C) groups is 1. The van der Waals surface area contributed by atoms with Crippen LogP contribution < -0.4 is 15.8 Å². The number of carbonyl (C=O) groups is 1. The van der Waals surface area contributed by atoms with Crippen LogP contribution in [-0.2, 0) is 11.2 Å². The highest BCUT2D eigenvalue weighted by molar-refractivity contribution is 5.96. The average Bonchev–Trinajstić information content (AvgIpc) is 3.34. The standard InChI is InChI=1S/C28H32N6O3/c1-30-28(35)26-27(29)32-18-25(33-26)21-4-2-3-19(15-21)17-31-24-8-5-20-16-22(6-7-23(20)24)37-14-11-34-9-12-36-13-10-34/h2-4,6-7,15-18,24H,5,8-14H2,1H3,(H2,29,32)(H,30,35)/b31-17+. The number of aromatic nitrogens is 2. The lowest BCUT2D eigenvalue weighted by Crippen LogP contribution is -2.38. The zero-order valence-corrected chi connectivity index (χ0v) is 21.0. The van der Waals surface area contributed by atoms with Crippen molar-refractivity contribution in [3.05, 3.63) is 71.0 Å². The average molecular weight is 501 g/mol. The lowest BCUT2D eigenvalue weighted by atomic mass is 10.1. The van der Waals surface area contributed by atoms with E-state index in [1.165, 1.54) is 18.2 Å². The predicted molar refractivity (Wildman–Crippen MR) is 143 cm³/mol. The SMILES string of the molecule is CNC(=O)c1nc(-c2cccc(/C=N/C3CCc4cc(OCCN5CCOCC5)ccc43)c2)cnc1N. The van der Waals surface area contributed by atoms with Crippen molar-refractivity contribution in [2.45, 2.75) is 18.9 Å². The van der Waals surface area contributed by atoms with Gasteiger partial charge in [-0.1, -0.05) is 24.3 Å². The van der Waals surface area contributed by atoms with Gasteiger partial charge in [0.15, 0.2) is 11.5 Å². The van der Waals surface area contributed by atoms with Gasteiger partial charge in [-0.3, -0.25) is 14.7 Å². The molecule has 0 spiro atoms. The smallest absolute Gasteiger partial charge is 0.273 e. The fourth-order valence-electron chi connectivity index (χ4n) is 4.71. The van der Waals surface area contributed by atoms with Gasteiger partial charge in [0.1, 0.15) is 12.4 Å². The van der Waals surface area contributed by atoms with Gasteiger partial charge in [0.2, 0.25) is 0 Å². The van der Waals surface area contributed by atoms with Crippen LogP contribution in [0.15, 0.2) is 53.7 Å². The first-order chi connectivity index (χ1) is 18.1. The molecule has 1 unspecified atom stereocenters. The van der Waals surface area contributed by atoms with Crippen molar-refractivity contribution in [3.63, 3.8) is 0 Å². The summed E-state index contributed by atoms with van der Waals surface area (Å²) in [5.74, 6) is 0.659. The maximum absolute atomic E-state index is 12.0. The Bertz CT molecular complexity index is 1290. The number of ether oxygens (including phenoxy) is 2. The van der Waals surface area contributed by atoms with Gasteiger partial charge in [0.05, 0.1) is 31.1 Å². The molecule has 2 aromatic carbocycles. The Labute approximate surface area is 216 Å². The number of aryl methyl sites for hydroxylation is 1. The van der Waals surface area contributed by atoms with E-state index in [0.29, 0.717) is 12.3 Å². The molecule has 5 rings (SSSR count). The first-order valence-electron chi connectivity index (χ1n) is 12.6. The number of carbonyl (C=O) groups excluding carboxylic acids is 1. The summed E-state index contributed by atoms with van der Waals surface area (Å²) < 4.78 is 11.4. The number of fused-ring (bicyclic) bond motifs is 1. The summed E-state index contributed by atoms with van der Waals surface area (Å²) in [6.07, 6.45) is 5.44. The van der Waals surface area contributed by atoms with Gasteiger partial charge in [0, 0.05) is 38.5 Å². The lowest BCUT2D eigenvalue weighted by molar-refractivity contribution is 0.0322. The molecule has 0 radical (unpaired) electrons. The van der Waals surface area contributed by atoms with Crippen LogP contribution in [0.25, 0.3) is 11.3 Å². The molecule has 9 nitrogen and oxygen atoms in total. The van der Waals surface area contributed by atoms with Crippen molar-refractivity contribution >= 4 is 17.9 Å². The van der Waals surface area contributed by atoms with Gasteiger partial charge in [-0.2, -0.15) is 0 Å². The van der Waals surface area contributed by atoms with Crippen LogP contribution in [0.2, 0.25) is 0 Å². The van der Waals surface area contributed by atoms with E-state index in [2.05, 4.69) is 38.4 Å². The van der Waals surface area contributed by atoms with E-state index in [1.54, 1.807) is 6.20 Å². The Morgan fingerprint density at radius 1 is 1.27 bits per heavy atom. The molecule has 0 saturated carbocycles. The molecule has 2 aliphatic rings. The first-order valence-corrected chi connectivity index (χ1v) is 12.6. The second kappa shape index (κ2) is 11.5. The number of nitrogen functional groups attached to an aromatic ring is 1. The van der Waals surface area contributed by atoms with Crippen molar-refractivity contribution in [2.75, 3.05) is 52.2 Å². The minimum Gasteiger partial charge on any atom is -0.492 e. The van der Waals surface area contributed by atoms with Gasteiger partial charge < -0.3 is 20.5 Å². The number of anilines is 1. The molecular weight excluding hydrogens is 468 g/mol. The number of nitrogens with zero attached hydrogens (tertiary/aromatic N) is 4. The molecule has 1 fully saturated rings. The molecule has 1 saturated heterocycles. The summed E-state index contributed by atoms with van der Waals surface area (Å²) in [7, 11) is 1.54. The van der Waals surface area contributed by atoms with Crippen LogP contribution in [0.5, 0.6) is 5.75 Å². The second-order valence-corrected chi connectivity index (χ2v) is 9.19. The molecule has 1 aromatic heterocycles. The minimum atomic E-state index is -0.366. The number of rotatable bonds is 8. The molecule has 3 aromatic rings. The van der Waals surface area contributed by atoms with E-state index in [-0.39, 0.29) is 23.5 Å². The molecule has 3 N–H and O–H groups in total. The van der Waals surface area contributed by atoms with E-state index in [9.17, 15) is 4.79 Å². The number of morpholine rings is 1. The molecule has 37 heavy (non-hydrogen) atoms. The fourth-order valence-corrected chi connectivity index (χ4v) is 4.71. The summed E-state index contributed by atoms with van der Waals surface area (Å²) >= 11 is 0. The maximum atomic E-state index is 12.0. The highest BCUT2D eigenvalue weighted by atomic mass is 16.5. The monoisotopic (exact) mass is 500 g/mol. The van der Waals surface area contributed by atoms with Crippen LogP contribution in [0.3, 0.4) is 0 Å². The minimum absolute atomic E-state index is 0.103. The molecule has 0 bridgehead atoms. The van der Waals surface area contributed by atoms with Crippen molar-refractivity contribution < 1.29 is 14.3 Å². The summed E-state index contributed by atoms with van der Waals surface area (Å²) in [5, 5.41) is 2.54. The predicted octanol–water partition coefficient (Wildman–Crippen LogP) is 2.90. The van der Waals surface area contributed by atoms with E-state index >= 15 is 0 Å². The van der Waals surface area contributed by atoms with Crippen LogP contribution >= 0.6 is 0 Å². The highest BCUT2D eigenvalue weighted by Gasteiger charge is 2.22. The van der Waals surface area contributed by atoms with Gasteiger partial charge in [0.25, 0.3) is 5.91 Å². The molecule has 9 heteroatoms. The normalized spacial score (nSPS) is 17.6. The lowest BCUT2D eigenvalue weighted by Gasteiger charge is -2.26. The van der Waals surface area contributed by atoms with Gasteiger partial charge >= 0.3 is 0 Å². The summed E-state index contributed by atoms with van der Waals surface area (Å²) in [4.78, 5) is 27.9. The van der Waals surface area contributed by atoms with E-state index < -0.39 is 0 Å². The number of hydrogen-bond acceptors (Lipinski definition) is 8. The topological polar surface area (TPSA) is 115 Å². The molecule has 1 atom stereocenters. The van der Waals surface area contributed by atoms with E-state index in [1.807, 2.05) is 30.5 Å². The fraction of sp³-hybridized carbons (Fsp3) is 0.357. The molecule has 2 heterocycles. The quantitative estimate of drug-likeness (QED) is 0.457. The Kier molecular flexibility index (Phi) is 7.72. The van der Waals surface area contributed by atoms with E-state index in [0.717, 1.165) is 62.6 Å². The van der Waals surface area contributed by atoms with Crippen LogP contribution in [0.4, 0.5) is 5.82 Å². The highest BCUT2D eigenvalue weighted by Crippen LogP contribution is 2.36. The van der Waals surface area contributed by atoms with Crippen molar-refractivity contribution in [3.8, 4) is 17.0 Å². The van der Waals surface area contributed by atoms with Gasteiger partial charge in [-0.15, -0.1) is 0 Å². The van der Waals surface area contributed by atoms with Crippen LogP contribution in [0, 0.1) is 0 Å². The Morgan fingerprint density at radius 3 is 2.97 bits per heavy atom.